The van der Waals surface area contributed by atoms with Crippen LogP contribution in [0, 0.1) is 11.8 Å². The molecule has 2 fully saturated rings. The number of carbonyl (C=O) groups excluding carboxylic acids is 1. The van der Waals surface area contributed by atoms with Gasteiger partial charge in [0.1, 0.15) is 0 Å². The minimum absolute atomic E-state index is 0.0913. The summed E-state index contributed by atoms with van der Waals surface area (Å²) < 4.78 is 4.77. The van der Waals surface area contributed by atoms with Gasteiger partial charge in [-0.3, -0.25) is 4.79 Å². The van der Waals surface area contributed by atoms with E-state index in [0.29, 0.717) is 24.9 Å². The third-order valence-corrected chi connectivity index (χ3v) is 5.21. The predicted molar refractivity (Wildman–Crippen MR) is 88.6 cm³/mol. The number of piperidine rings is 1. The van der Waals surface area contributed by atoms with Gasteiger partial charge in [0.25, 0.3) is 0 Å². The highest BCUT2D eigenvalue weighted by molar-refractivity contribution is 5.69. The summed E-state index contributed by atoms with van der Waals surface area (Å²) in [5.41, 5.74) is 5.73. The number of nitrogens with two attached hydrogens (primary N) is 1. The van der Waals surface area contributed by atoms with Crippen LogP contribution in [-0.2, 0) is 9.53 Å². The van der Waals surface area contributed by atoms with E-state index in [9.17, 15) is 4.79 Å². The van der Waals surface area contributed by atoms with Crippen LogP contribution in [0.5, 0.6) is 0 Å². The monoisotopic (exact) mass is 311 g/mol. The average molecular weight is 311 g/mol. The Kier molecular flexibility index (Phi) is 7.63. The van der Waals surface area contributed by atoms with Crippen molar-refractivity contribution in [3.8, 4) is 0 Å². The molecule has 0 amide bonds. The number of ether oxygens (including phenoxy) is 1. The fraction of sp³-hybridized carbons (Fsp3) is 0.941. The maximum absolute atomic E-state index is 11.4. The fourth-order valence-corrected chi connectivity index (χ4v) is 4.00. The van der Waals surface area contributed by atoms with Crippen LogP contribution < -0.4 is 11.1 Å². The van der Waals surface area contributed by atoms with Crippen LogP contribution in [0.25, 0.3) is 0 Å². The molecular weight excluding hydrogens is 278 g/mol. The molecule has 2 unspecified atom stereocenters. The van der Waals surface area contributed by atoms with Crippen LogP contribution >= 0.6 is 0 Å². The Balaban J connectivity index is 1.78. The second-order valence-corrected chi connectivity index (χ2v) is 7.02. The molecule has 1 aliphatic carbocycles. The SMILES string of the molecule is COC(=O)CCC1CC(NCC2CCCC2)CN(CCN)C1. The van der Waals surface area contributed by atoms with Gasteiger partial charge in [0.2, 0.25) is 0 Å². The number of methoxy groups -OCH3 is 1. The Morgan fingerprint density at radius 1 is 1.27 bits per heavy atom. The van der Waals surface area contributed by atoms with Crippen molar-refractivity contribution in [3.05, 3.63) is 0 Å². The van der Waals surface area contributed by atoms with Crippen molar-refractivity contribution in [2.24, 2.45) is 17.6 Å². The summed E-state index contributed by atoms with van der Waals surface area (Å²) in [5.74, 6) is 1.35. The lowest BCUT2D eigenvalue weighted by Gasteiger charge is -2.38. The first kappa shape index (κ1) is 17.7. The first-order valence-electron chi connectivity index (χ1n) is 8.94. The standard InChI is InChI=1S/C17H33N3O2/c1-22-17(21)7-6-15-10-16(13-20(12-15)9-8-18)19-11-14-4-2-3-5-14/h14-16,19H,2-13,18H2,1H3. The van der Waals surface area contributed by atoms with Gasteiger partial charge < -0.3 is 20.7 Å². The number of carbonyl (C=O) groups is 1. The molecule has 0 radical (unpaired) electrons. The lowest BCUT2D eigenvalue weighted by atomic mass is 9.90. The highest BCUT2D eigenvalue weighted by Gasteiger charge is 2.27. The van der Waals surface area contributed by atoms with Crippen LogP contribution in [0.2, 0.25) is 0 Å². The van der Waals surface area contributed by atoms with Gasteiger partial charge in [0, 0.05) is 38.6 Å². The van der Waals surface area contributed by atoms with Crippen LogP contribution in [0.1, 0.15) is 44.9 Å². The molecule has 22 heavy (non-hydrogen) atoms. The first-order valence-corrected chi connectivity index (χ1v) is 8.94. The molecule has 2 aliphatic rings. The second-order valence-electron chi connectivity index (χ2n) is 7.02. The van der Waals surface area contributed by atoms with E-state index in [1.54, 1.807) is 0 Å². The van der Waals surface area contributed by atoms with E-state index in [4.69, 9.17) is 10.5 Å². The van der Waals surface area contributed by atoms with Crippen LogP contribution in [-0.4, -0.2) is 56.7 Å². The lowest BCUT2D eigenvalue weighted by Crippen LogP contribution is -2.51. The molecule has 1 heterocycles. The van der Waals surface area contributed by atoms with Gasteiger partial charge in [-0.25, -0.2) is 0 Å². The number of hydrogen-bond donors (Lipinski definition) is 2. The summed E-state index contributed by atoms with van der Waals surface area (Å²) in [5, 5.41) is 3.78. The van der Waals surface area contributed by atoms with E-state index in [1.165, 1.54) is 39.2 Å². The van der Waals surface area contributed by atoms with Crippen molar-refractivity contribution in [1.29, 1.82) is 0 Å². The minimum atomic E-state index is -0.0913. The maximum atomic E-state index is 11.4. The molecule has 1 saturated carbocycles. The summed E-state index contributed by atoms with van der Waals surface area (Å²) in [6, 6.07) is 0.545. The molecule has 2 atom stereocenters. The van der Waals surface area contributed by atoms with Gasteiger partial charge in [-0.1, -0.05) is 12.8 Å². The largest absolute Gasteiger partial charge is 0.469 e. The van der Waals surface area contributed by atoms with E-state index >= 15 is 0 Å². The Labute approximate surface area is 134 Å². The van der Waals surface area contributed by atoms with E-state index in [0.717, 1.165) is 38.5 Å². The topological polar surface area (TPSA) is 67.6 Å². The third-order valence-electron chi connectivity index (χ3n) is 5.21. The molecule has 128 valence electrons. The predicted octanol–water partition coefficient (Wildman–Crippen LogP) is 1.37. The van der Waals surface area contributed by atoms with Crippen molar-refractivity contribution in [1.82, 2.24) is 10.2 Å². The van der Waals surface area contributed by atoms with Crippen molar-refractivity contribution in [2.75, 3.05) is 39.8 Å². The fourth-order valence-electron chi connectivity index (χ4n) is 4.00. The second kappa shape index (κ2) is 9.48. The van der Waals surface area contributed by atoms with Gasteiger partial charge in [0.15, 0.2) is 0 Å². The smallest absolute Gasteiger partial charge is 0.305 e. The molecule has 0 spiro atoms. The highest BCUT2D eigenvalue weighted by Crippen LogP contribution is 2.25. The zero-order chi connectivity index (χ0) is 15.8. The molecule has 0 aromatic heterocycles. The van der Waals surface area contributed by atoms with Crippen LogP contribution in [0.3, 0.4) is 0 Å². The molecule has 0 aromatic rings. The normalized spacial score (nSPS) is 27.2. The zero-order valence-electron chi connectivity index (χ0n) is 14.1. The molecule has 3 N–H and O–H groups in total. The molecule has 2 rings (SSSR count). The van der Waals surface area contributed by atoms with Crippen molar-refractivity contribution in [3.63, 3.8) is 0 Å². The van der Waals surface area contributed by atoms with Crippen molar-refractivity contribution >= 4 is 5.97 Å². The Bertz CT molecular complexity index is 332. The first-order chi connectivity index (χ1) is 10.7. The van der Waals surface area contributed by atoms with Gasteiger partial charge in [-0.15, -0.1) is 0 Å². The molecule has 0 aromatic carbocycles. The number of esters is 1. The summed E-state index contributed by atoms with van der Waals surface area (Å²) >= 11 is 0. The van der Waals surface area contributed by atoms with Gasteiger partial charge in [-0.05, 0) is 44.1 Å². The summed E-state index contributed by atoms with van der Waals surface area (Å²) in [6.07, 6.45) is 8.21. The Morgan fingerprint density at radius 3 is 2.73 bits per heavy atom. The van der Waals surface area contributed by atoms with Crippen molar-refractivity contribution in [2.45, 2.75) is 51.0 Å². The Morgan fingerprint density at radius 2 is 2.05 bits per heavy atom. The number of likely N-dealkylation sites (tertiary alicyclic amines) is 1. The van der Waals surface area contributed by atoms with Gasteiger partial charge in [-0.2, -0.15) is 0 Å². The van der Waals surface area contributed by atoms with Crippen LogP contribution in [0.4, 0.5) is 0 Å². The number of rotatable bonds is 8. The zero-order valence-corrected chi connectivity index (χ0v) is 14.1. The maximum Gasteiger partial charge on any atom is 0.305 e. The molecule has 5 nitrogen and oxygen atoms in total. The average Bonchev–Trinajstić information content (AvgIpc) is 3.04. The Hall–Kier alpha value is -0.650. The molecule has 1 aliphatic heterocycles. The summed E-state index contributed by atoms with van der Waals surface area (Å²) in [4.78, 5) is 13.8. The number of nitrogens with zero attached hydrogens (tertiary/aromatic N) is 1. The quantitative estimate of drug-likeness (QED) is 0.663. The molecule has 5 heteroatoms. The van der Waals surface area contributed by atoms with E-state index in [2.05, 4.69) is 10.2 Å². The van der Waals surface area contributed by atoms with Crippen molar-refractivity contribution < 1.29 is 9.53 Å². The van der Waals surface area contributed by atoms with E-state index in [1.807, 2.05) is 0 Å². The molecule has 1 saturated heterocycles. The molecular formula is C17H33N3O2. The highest BCUT2D eigenvalue weighted by atomic mass is 16.5. The van der Waals surface area contributed by atoms with Gasteiger partial charge in [0.05, 0.1) is 7.11 Å². The van der Waals surface area contributed by atoms with Gasteiger partial charge >= 0.3 is 5.97 Å². The lowest BCUT2D eigenvalue weighted by molar-refractivity contribution is -0.141. The molecule has 0 bridgehead atoms. The third kappa shape index (κ3) is 5.86. The van der Waals surface area contributed by atoms with Crippen LogP contribution in [0.15, 0.2) is 0 Å². The summed E-state index contributed by atoms with van der Waals surface area (Å²) in [7, 11) is 1.47. The number of nitrogens with one attached hydrogen (secondary N) is 1. The van der Waals surface area contributed by atoms with E-state index in [-0.39, 0.29) is 5.97 Å². The summed E-state index contributed by atoms with van der Waals surface area (Å²) in [6.45, 7) is 4.98. The van der Waals surface area contributed by atoms with E-state index < -0.39 is 0 Å². The number of hydrogen-bond acceptors (Lipinski definition) is 5. The minimum Gasteiger partial charge on any atom is -0.469 e.